The molecule has 2 rings (SSSR count). The van der Waals surface area contributed by atoms with E-state index in [4.69, 9.17) is 16.7 Å². The van der Waals surface area contributed by atoms with E-state index in [1.807, 2.05) is 0 Å². The monoisotopic (exact) mass is 299 g/mol. The molecule has 1 N–H and O–H groups in total. The maximum atomic E-state index is 12.3. The summed E-state index contributed by atoms with van der Waals surface area (Å²) in [6, 6.07) is 0.119. The van der Waals surface area contributed by atoms with E-state index >= 15 is 0 Å². The van der Waals surface area contributed by atoms with E-state index < -0.39 is 28.5 Å². The van der Waals surface area contributed by atoms with Gasteiger partial charge in [-0.2, -0.15) is 0 Å². The van der Waals surface area contributed by atoms with Crippen molar-refractivity contribution in [3.05, 3.63) is 33.1 Å². The number of halogens is 1. The van der Waals surface area contributed by atoms with Gasteiger partial charge in [0.1, 0.15) is 23.0 Å². The van der Waals surface area contributed by atoms with Crippen LogP contribution in [0.15, 0.2) is 12.3 Å². The number of nitro groups is 1. The summed E-state index contributed by atoms with van der Waals surface area (Å²) in [5.41, 5.74) is -0.737. The number of carbonyl (C=O) groups excluding carboxylic acids is 1. The fraction of sp³-hybridized carbons (Fsp3) is 0.364. The summed E-state index contributed by atoms with van der Waals surface area (Å²) in [6.45, 7) is 0.243. The number of hydrogen-bond acceptors (Lipinski definition) is 5. The molecule has 106 valence electrons. The zero-order valence-corrected chi connectivity index (χ0v) is 10.9. The molecule has 1 aromatic heterocycles. The molecule has 0 radical (unpaired) electrons. The van der Waals surface area contributed by atoms with Crippen LogP contribution < -0.4 is 0 Å². The largest absolute Gasteiger partial charge is 0.480 e. The van der Waals surface area contributed by atoms with Gasteiger partial charge in [-0.05, 0) is 18.9 Å². The Hall–Kier alpha value is -2.22. The number of carboxylic acid groups (broad SMARTS) is 1. The third-order valence-electron chi connectivity index (χ3n) is 3.08. The summed E-state index contributed by atoms with van der Waals surface area (Å²) >= 11 is 5.65. The predicted molar refractivity (Wildman–Crippen MR) is 67.6 cm³/mol. The molecular formula is C11H10ClN3O5. The molecule has 2 heterocycles. The molecule has 0 aromatic carbocycles. The van der Waals surface area contributed by atoms with Crippen molar-refractivity contribution in [2.45, 2.75) is 18.9 Å². The minimum atomic E-state index is -1.13. The average Bonchev–Trinajstić information content (AvgIpc) is 2.86. The second kappa shape index (κ2) is 5.41. The lowest BCUT2D eigenvalue weighted by Crippen LogP contribution is -2.40. The van der Waals surface area contributed by atoms with Gasteiger partial charge in [0.2, 0.25) is 0 Å². The molecule has 0 aliphatic carbocycles. The molecular weight excluding hydrogens is 290 g/mol. The van der Waals surface area contributed by atoms with Gasteiger partial charge in [-0.25, -0.2) is 9.78 Å². The number of carboxylic acids is 1. The van der Waals surface area contributed by atoms with Gasteiger partial charge in [-0.15, -0.1) is 0 Å². The van der Waals surface area contributed by atoms with Crippen LogP contribution in [0.1, 0.15) is 23.2 Å². The van der Waals surface area contributed by atoms with Crippen molar-refractivity contribution in [2.75, 3.05) is 6.54 Å². The van der Waals surface area contributed by atoms with Crippen LogP contribution in [0.5, 0.6) is 0 Å². The highest BCUT2D eigenvalue weighted by Gasteiger charge is 2.37. The summed E-state index contributed by atoms with van der Waals surface area (Å²) in [7, 11) is 0. The number of aromatic nitrogens is 1. The number of nitrogens with zero attached hydrogens (tertiary/aromatic N) is 3. The molecule has 0 saturated carbocycles. The van der Waals surface area contributed by atoms with Gasteiger partial charge < -0.3 is 10.0 Å². The number of amides is 1. The summed E-state index contributed by atoms with van der Waals surface area (Å²) in [4.78, 5) is 38.2. The second-order valence-corrected chi connectivity index (χ2v) is 4.66. The first-order chi connectivity index (χ1) is 9.41. The smallest absolute Gasteiger partial charge is 0.326 e. The third-order valence-corrected chi connectivity index (χ3v) is 3.28. The molecule has 20 heavy (non-hydrogen) atoms. The van der Waals surface area contributed by atoms with Gasteiger partial charge in [0.05, 0.1) is 4.92 Å². The van der Waals surface area contributed by atoms with Crippen LogP contribution in [0.25, 0.3) is 0 Å². The highest BCUT2D eigenvalue weighted by atomic mass is 35.5. The standard InChI is InChI=1S/C11H10ClN3O5/c12-9-4-6(8(5-13-9)15(19)20)10(16)14-3-1-2-7(14)11(17)18/h4-5,7H,1-3H2,(H,17,18)/t7-/m0/s1. The molecule has 0 bridgehead atoms. The van der Waals surface area contributed by atoms with Crippen molar-refractivity contribution >= 4 is 29.2 Å². The van der Waals surface area contributed by atoms with Gasteiger partial charge in [0.25, 0.3) is 11.6 Å². The summed E-state index contributed by atoms with van der Waals surface area (Å²) in [5.74, 6) is -1.84. The van der Waals surface area contributed by atoms with Crippen molar-refractivity contribution in [2.24, 2.45) is 0 Å². The Morgan fingerprint density at radius 2 is 2.25 bits per heavy atom. The quantitative estimate of drug-likeness (QED) is 0.511. The topological polar surface area (TPSA) is 114 Å². The summed E-state index contributed by atoms with van der Waals surface area (Å²) in [5, 5.41) is 19.9. The normalized spacial score (nSPS) is 18.1. The Morgan fingerprint density at radius 1 is 1.55 bits per heavy atom. The number of aliphatic carboxylic acids is 1. The highest BCUT2D eigenvalue weighted by Crippen LogP contribution is 2.26. The SMILES string of the molecule is O=C(O)[C@@H]1CCCN1C(=O)c1cc(Cl)ncc1[N+](=O)[O-]. The fourth-order valence-electron chi connectivity index (χ4n) is 2.16. The molecule has 8 nitrogen and oxygen atoms in total. The molecule has 1 saturated heterocycles. The van der Waals surface area contributed by atoms with E-state index in [2.05, 4.69) is 4.98 Å². The first-order valence-corrected chi connectivity index (χ1v) is 6.13. The van der Waals surface area contributed by atoms with Crippen molar-refractivity contribution in [1.29, 1.82) is 0 Å². The Labute approximate surface area is 118 Å². The van der Waals surface area contributed by atoms with Crippen molar-refractivity contribution in [3.63, 3.8) is 0 Å². The van der Waals surface area contributed by atoms with Crippen LogP contribution in [-0.2, 0) is 4.79 Å². The molecule has 1 fully saturated rings. The maximum Gasteiger partial charge on any atom is 0.326 e. The Morgan fingerprint density at radius 3 is 2.85 bits per heavy atom. The third kappa shape index (κ3) is 2.55. The lowest BCUT2D eigenvalue weighted by Gasteiger charge is -2.21. The molecule has 1 aromatic rings. The highest BCUT2D eigenvalue weighted by molar-refractivity contribution is 6.29. The van der Waals surface area contributed by atoms with Crippen molar-refractivity contribution < 1.29 is 19.6 Å². The predicted octanol–water partition coefficient (Wildman–Crippen LogP) is 1.33. The van der Waals surface area contributed by atoms with Crippen LogP contribution in [0.4, 0.5) is 5.69 Å². The van der Waals surface area contributed by atoms with E-state index in [0.717, 1.165) is 17.2 Å². The van der Waals surface area contributed by atoms with Crippen LogP contribution in [0.3, 0.4) is 0 Å². The van der Waals surface area contributed by atoms with Gasteiger partial charge in [-0.3, -0.25) is 14.9 Å². The fourth-order valence-corrected chi connectivity index (χ4v) is 2.32. The second-order valence-electron chi connectivity index (χ2n) is 4.28. The van der Waals surface area contributed by atoms with E-state index in [-0.39, 0.29) is 17.3 Å². The van der Waals surface area contributed by atoms with Crippen LogP contribution in [-0.4, -0.2) is 44.4 Å². The van der Waals surface area contributed by atoms with Crippen LogP contribution in [0, 0.1) is 10.1 Å². The number of hydrogen-bond donors (Lipinski definition) is 1. The number of rotatable bonds is 3. The summed E-state index contributed by atoms with van der Waals surface area (Å²) in [6.07, 6.45) is 1.75. The molecule has 1 amide bonds. The van der Waals surface area contributed by atoms with Gasteiger partial charge in [0, 0.05) is 6.54 Å². The average molecular weight is 300 g/mol. The zero-order valence-electron chi connectivity index (χ0n) is 10.2. The van der Waals surface area contributed by atoms with Crippen LogP contribution >= 0.6 is 11.6 Å². The van der Waals surface area contributed by atoms with E-state index in [0.29, 0.717) is 12.8 Å². The van der Waals surface area contributed by atoms with Crippen molar-refractivity contribution in [1.82, 2.24) is 9.88 Å². The molecule has 1 atom stereocenters. The maximum absolute atomic E-state index is 12.3. The van der Waals surface area contributed by atoms with E-state index in [9.17, 15) is 19.7 Å². The zero-order chi connectivity index (χ0) is 14.9. The lowest BCUT2D eigenvalue weighted by molar-refractivity contribution is -0.385. The number of pyridine rings is 1. The molecule has 0 spiro atoms. The van der Waals surface area contributed by atoms with E-state index in [1.54, 1.807) is 0 Å². The number of likely N-dealkylation sites (tertiary alicyclic amines) is 1. The molecule has 1 aliphatic heterocycles. The Kier molecular flexibility index (Phi) is 3.84. The van der Waals surface area contributed by atoms with Gasteiger partial charge >= 0.3 is 5.97 Å². The Balaban J connectivity index is 2.40. The molecule has 1 aliphatic rings. The first kappa shape index (κ1) is 14.2. The van der Waals surface area contributed by atoms with Gasteiger partial charge in [0.15, 0.2) is 0 Å². The summed E-state index contributed by atoms with van der Waals surface area (Å²) < 4.78 is 0. The minimum absolute atomic E-state index is 0.0648. The number of carbonyl (C=O) groups is 2. The Bertz CT molecular complexity index is 591. The first-order valence-electron chi connectivity index (χ1n) is 5.75. The molecule has 0 unspecified atom stereocenters. The minimum Gasteiger partial charge on any atom is -0.480 e. The van der Waals surface area contributed by atoms with Crippen LogP contribution in [0.2, 0.25) is 5.15 Å². The van der Waals surface area contributed by atoms with E-state index in [1.165, 1.54) is 0 Å². The van der Waals surface area contributed by atoms with Gasteiger partial charge in [-0.1, -0.05) is 11.6 Å². The molecule has 9 heteroatoms. The lowest BCUT2D eigenvalue weighted by atomic mass is 10.1. The van der Waals surface area contributed by atoms with Crippen molar-refractivity contribution in [3.8, 4) is 0 Å².